The molecule has 2 aliphatic heterocycles. The number of H-pyrrole nitrogens is 1. The molecule has 1 aromatic rings. The lowest BCUT2D eigenvalue weighted by Gasteiger charge is -2.39. The van der Waals surface area contributed by atoms with Crippen LogP contribution in [0.2, 0.25) is 0 Å². The van der Waals surface area contributed by atoms with E-state index in [4.69, 9.17) is 4.74 Å². The van der Waals surface area contributed by atoms with Gasteiger partial charge in [0.25, 0.3) is 0 Å². The number of nitrogens with zero attached hydrogens (tertiary/aromatic N) is 2. The molecular formula is C15H24N4O2. The number of aromatic nitrogens is 2. The Morgan fingerprint density at radius 2 is 2.19 bits per heavy atom. The zero-order valence-electron chi connectivity index (χ0n) is 13.0. The fourth-order valence-corrected chi connectivity index (χ4v) is 3.02. The van der Waals surface area contributed by atoms with E-state index in [0.29, 0.717) is 6.54 Å². The van der Waals surface area contributed by atoms with E-state index in [1.165, 1.54) is 0 Å². The van der Waals surface area contributed by atoms with Gasteiger partial charge in [0.05, 0.1) is 11.8 Å². The third-order valence-corrected chi connectivity index (χ3v) is 4.34. The van der Waals surface area contributed by atoms with Crippen LogP contribution in [-0.2, 0) is 22.5 Å². The molecular weight excluding hydrogens is 268 g/mol. The zero-order chi connectivity index (χ0) is 15.1. The topological polar surface area (TPSA) is 70.2 Å². The van der Waals surface area contributed by atoms with E-state index in [2.05, 4.69) is 29.4 Å². The summed E-state index contributed by atoms with van der Waals surface area (Å²) in [5.74, 6) is 0.0604. The Hall–Kier alpha value is -1.40. The van der Waals surface area contributed by atoms with Crippen LogP contribution in [0.3, 0.4) is 0 Å². The summed E-state index contributed by atoms with van der Waals surface area (Å²) >= 11 is 0. The fraction of sp³-hybridized carbons (Fsp3) is 0.733. The Labute approximate surface area is 125 Å². The number of amides is 1. The van der Waals surface area contributed by atoms with Gasteiger partial charge in [-0.15, -0.1) is 0 Å². The van der Waals surface area contributed by atoms with Crippen molar-refractivity contribution in [3.63, 3.8) is 0 Å². The fourth-order valence-electron chi connectivity index (χ4n) is 3.02. The van der Waals surface area contributed by atoms with Crippen LogP contribution in [0.25, 0.3) is 0 Å². The van der Waals surface area contributed by atoms with Crippen LogP contribution in [0.15, 0.2) is 6.20 Å². The van der Waals surface area contributed by atoms with Crippen molar-refractivity contribution in [2.75, 3.05) is 26.2 Å². The van der Waals surface area contributed by atoms with E-state index in [9.17, 15) is 4.79 Å². The molecule has 2 N–H and O–H groups in total. The Kier molecular flexibility index (Phi) is 3.53. The van der Waals surface area contributed by atoms with Crippen molar-refractivity contribution >= 4 is 5.91 Å². The number of carbonyl (C=O) groups is 1. The molecule has 6 nitrogen and oxygen atoms in total. The highest BCUT2D eigenvalue weighted by Gasteiger charge is 2.35. The summed E-state index contributed by atoms with van der Waals surface area (Å²) in [4.78, 5) is 14.4. The first-order chi connectivity index (χ1) is 9.87. The highest BCUT2D eigenvalue weighted by Crippen LogP contribution is 2.29. The van der Waals surface area contributed by atoms with Gasteiger partial charge in [0, 0.05) is 37.4 Å². The van der Waals surface area contributed by atoms with Crippen molar-refractivity contribution in [1.82, 2.24) is 20.4 Å². The third kappa shape index (κ3) is 3.11. The summed E-state index contributed by atoms with van der Waals surface area (Å²) in [6.07, 6.45) is 2.74. The van der Waals surface area contributed by atoms with Crippen molar-refractivity contribution in [2.24, 2.45) is 5.41 Å². The van der Waals surface area contributed by atoms with Gasteiger partial charge in [-0.2, -0.15) is 5.10 Å². The molecule has 1 aromatic heterocycles. The lowest BCUT2D eigenvalue weighted by atomic mass is 9.88. The molecule has 0 bridgehead atoms. The molecule has 2 aliphatic rings. The Morgan fingerprint density at radius 3 is 2.86 bits per heavy atom. The molecule has 0 unspecified atom stereocenters. The molecule has 116 valence electrons. The molecule has 21 heavy (non-hydrogen) atoms. The maximum absolute atomic E-state index is 12.5. The van der Waals surface area contributed by atoms with Gasteiger partial charge in [0.2, 0.25) is 5.91 Å². The van der Waals surface area contributed by atoms with Gasteiger partial charge in [-0.25, -0.2) is 0 Å². The monoisotopic (exact) mass is 292 g/mol. The second-order valence-corrected chi connectivity index (χ2v) is 7.31. The molecule has 0 aromatic carbocycles. The van der Waals surface area contributed by atoms with Gasteiger partial charge in [-0.05, 0) is 18.8 Å². The molecule has 6 heteroatoms. The Balaban J connectivity index is 1.67. The highest BCUT2D eigenvalue weighted by molar-refractivity contribution is 5.77. The van der Waals surface area contributed by atoms with Gasteiger partial charge >= 0.3 is 0 Å². The SMILES string of the molecule is CC1(C)Cc2[nH]ncc2CN(C(=O)COC2(C)CNC2)C1. The smallest absolute Gasteiger partial charge is 0.248 e. The first-order valence-electron chi connectivity index (χ1n) is 7.51. The van der Waals surface area contributed by atoms with Crippen molar-refractivity contribution in [3.05, 3.63) is 17.5 Å². The van der Waals surface area contributed by atoms with Crippen LogP contribution < -0.4 is 5.32 Å². The van der Waals surface area contributed by atoms with Crippen LogP contribution in [0.5, 0.6) is 0 Å². The Morgan fingerprint density at radius 1 is 1.43 bits per heavy atom. The molecule has 3 heterocycles. The average molecular weight is 292 g/mol. The predicted octanol–water partition coefficient (Wildman–Crippen LogP) is 0.699. The molecule has 0 spiro atoms. The number of hydrogen-bond donors (Lipinski definition) is 2. The minimum Gasteiger partial charge on any atom is -0.363 e. The standard InChI is InChI=1S/C15H24N4O2/c1-14(2)4-12-11(5-17-18-12)6-19(10-14)13(20)7-21-15(3)8-16-9-15/h5,16H,4,6-10H2,1-3H3,(H,17,18). The summed E-state index contributed by atoms with van der Waals surface area (Å²) in [5, 5.41) is 10.3. The number of rotatable bonds is 3. The molecule has 1 fully saturated rings. The third-order valence-electron chi connectivity index (χ3n) is 4.34. The summed E-state index contributed by atoms with van der Waals surface area (Å²) in [6, 6.07) is 0. The molecule has 0 atom stereocenters. The van der Waals surface area contributed by atoms with Gasteiger partial charge in [0.1, 0.15) is 6.61 Å². The van der Waals surface area contributed by atoms with Crippen LogP contribution in [0.4, 0.5) is 0 Å². The van der Waals surface area contributed by atoms with Gasteiger partial charge in [-0.3, -0.25) is 9.89 Å². The first kappa shape index (κ1) is 14.5. The molecule has 0 aliphatic carbocycles. The van der Waals surface area contributed by atoms with Crippen LogP contribution in [0, 0.1) is 5.41 Å². The van der Waals surface area contributed by atoms with Gasteiger partial charge in [-0.1, -0.05) is 13.8 Å². The number of fused-ring (bicyclic) bond motifs is 1. The number of carbonyl (C=O) groups excluding carboxylic acids is 1. The number of nitrogens with one attached hydrogen (secondary N) is 2. The first-order valence-corrected chi connectivity index (χ1v) is 7.51. The number of aromatic amines is 1. The molecule has 3 rings (SSSR count). The van der Waals surface area contributed by atoms with E-state index in [1.54, 1.807) is 0 Å². The van der Waals surface area contributed by atoms with E-state index < -0.39 is 0 Å². The molecule has 1 saturated heterocycles. The molecule has 1 amide bonds. The van der Waals surface area contributed by atoms with Crippen molar-refractivity contribution in [1.29, 1.82) is 0 Å². The van der Waals surface area contributed by atoms with Gasteiger partial charge in [0.15, 0.2) is 0 Å². The minimum absolute atomic E-state index is 0.0371. The zero-order valence-corrected chi connectivity index (χ0v) is 13.0. The summed E-state index contributed by atoms with van der Waals surface area (Å²) in [6.45, 7) is 9.55. The van der Waals surface area contributed by atoms with Crippen LogP contribution in [0.1, 0.15) is 32.0 Å². The average Bonchev–Trinajstić information content (AvgIpc) is 2.74. The maximum atomic E-state index is 12.5. The summed E-state index contributed by atoms with van der Waals surface area (Å²) in [5.41, 5.74) is 2.12. The number of hydrogen-bond acceptors (Lipinski definition) is 4. The molecule has 0 saturated carbocycles. The quantitative estimate of drug-likeness (QED) is 0.860. The maximum Gasteiger partial charge on any atom is 0.248 e. The second-order valence-electron chi connectivity index (χ2n) is 7.31. The normalized spacial score (nSPS) is 23.1. The second kappa shape index (κ2) is 5.10. The number of ether oxygens (including phenoxy) is 1. The largest absolute Gasteiger partial charge is 0.363 e. The lowest BCUT2D eigenvalue weighted by Crippen LogP contribution is -2.59. The lowest BCUT2D eigenvalue weighted by molar-refractivity contribution is -0.147. The van der Waals surface area contributed by atoms with Gasteiger partial charge < -0.3 is 15.0 Å². The van der Waals surface area contributed by atoms with Crippen LogP contribution >= 0.6 is 0 Å². The van der Waals surface area contributed by atoms with Crippen molar-refractivity contribution in [3.8, 4) is 0 Å². The summed E-state index contributed by atoms with van der Waals surface area (Å²) in [7, 11) is 0. The minimum atomic E-state index is -0.183. The van der Waals surface area contributed by atoms with E-state index in [1.807, 2.05) is 18.0 Å². The van der Waals surface area contributed by atoms with E-state index in [0.717, 1.165) is 37.3 Å². The molecule has 0 radical (unpaired) electrons. The van der Waals surface area contributed by atoms with Crippen LogP contribution in [-0.4, -0.2) is 52.8 Å². The predicted molar refractivity (Wildman–Crippen MR) is 78.7 cm³/mol. The highest BCUT2D eigenvalue weighted by atomic mass is 16.5. The van der Waals surface area contributed by atoms with Crippen molar-refractivity contribution in [2.45, 2.75) is 39.3 Å². The van der Waals surface area contributed by atoms with E-state index in [-0.39, 0.29) is 23.5 Å². The van der Waals surface area contributed by atoms with Crippen molar-refractivity contribution < 1.29 is 9.53 Å². The Bertz CT molecular complexity index is 534. The summed E-state index contributed by atoms with van der Waals surface area (Å²) < 4.78 is 5.78. The van der Waals surface area contributed by atoms with E-state index >= 15 is 0 Å².